The Morgan fingerprint density at radius 3 is 1.63 bits per heavy atom. The zero-order chi connectivity index (χ0) is 21.6. The molecule has 3 nitrogen and oxygen atoms in total. The first-order valence-electron chi connectivity index (χ1n) is 11.4. The lowest BCUT2D eigenvalue weighted by Gasteiger charge is -2.38. The zero-order valence-electron chi connectivity index (χ0n) is 19.6. The van der Waals surface area contributed by atoms with Crippen molar-refractivity contribution in [3.05, 3.63) is 71.8 Å². The minimum Gasteiger partial charge on any atom is -0.416 e. The molecule has 0 saturated carbocycles. The summed E-state index contributed by atoms with van der Waals surface area (Å²) < 4.78 is 6.67. The molecule has 1 fully saturated rings. The van der Waals surface area contributed by atoms with Gasteiger partial charge in [-0.2, -0.15) is 0 Å². The molecular formula is C26H40N2OSi. The summed E-state index contributed by atoms with van der Waals surface area (Å²) in [5, 5.41) is 0.255. The van der Waals surface area contributed by atoms with Gasteiger partial charge >= 0.3 is 0 Å². The van der Waals surface area contributed by atoms with Gasteiger partial charge in [-0.1, -0.05) is 81.4 Å². The third-order valence-electron chi connectivity index (χ3n) is 6.75. The maximum absolute atomic E-state index is 6.67. The second-order valence-electron chi connectivity index (χ2n) is 10.4. The molecule has 0 radical (unpaired) electrons. The minimum absolute atomic E-state index is 0.255. The lowest BCUT2D eigenvalue weighted by atomic mass is 10.1. The molecule has 164 valence electrons. The van der Waals surface area contributed by atoms with Crippen LogP contribution in [0.25, 0.3) is 0 Å². The first-order valence-corrected chi connectivity index (χ1v) is 14.3. The van der Waals surface area contributed by atoms with Crippen LogP contribution in [0.15, 0.2) is 60.7 Å². The van der Waals surface area contributed by atoms with Crippen molar-refractivity contribution < 1.29 is 4.43 Å². The Kier molecular flexibility index (Phi) is 7.91. The Labute approximate surface area is 185 Å². The van der Waals surface area contributed by atoms with E-state index in [4.69, 9.17) is 4.43 Å². The number of nitrogens with zero attached hydrogens (tertiary/aromatic N) is 2. The van der Waals surface area contributed by atoms with E-state index in [1.165, 1.54) is 11.1 Å². The molecular weight excluding hydrogens is 384 g/mol. The van der Waals surface area contributed by atoms with E-state index >= 15 is 0 Å². The molecule has 2 aromatic carbocycles. The summed E-state index contributed by atoms with van der Waals surface area (Å²) in [5.41, 5.74) is 2.80. The maximum Gasteiger partial charge on any atom is 0.191 e. The number of hydrogen-bond acceptors (Lipinski definition) is 3. The minimum atomic E-state index is -1.73. The van der Waals surface area contributed by atoms with Gasteiger partial charge in [0.15, 0.2) is 8.32 Å². The summed E-state index contributed by atoms with van der Waals surface area (Å²) >= 11 is 0. The van der Waals surface area contributed by atoms with E-state index in [-0.39, 0.29) is 5.04 Å². The monoisotopic (exact) mass is 424 g/mol. The van der Waals surface area contributed by atoms with Crippen molar-refractivity contribution >= 4 is 8.32 Å². The average molecular weight is 425 g/mol. The molecule has 0 atom stereocenters. The quantitative estimate of drug-likeness (QED) is 0.535. The van der Waals surface area contributed by atoms with Crippen molar-refractivity contribution in [3.63, 3.8) is 0 Å². The van der Waals surface area contributed by atoms with Crippen LogP contribution in [0.1, 0.15) is 31.9 Å². The van der Waals surface area contributed by atoms with Crippen LogP contribution in [-0.4, -0.2) is 50.9 Å². The molecule has 1 aliphatic rings. The molecule has 0 aromatic heterocycles. The topological polar surface area (TPSA) is 15.7 Å². The molecule has 0 aliphatic carbocycles. The van der Waals surface area contributed by atoms with Gasteiger partial charge in [0.1, 0.15) is 0 Å². The summed E-state index contributed by atoms with van der Waals surface area (Å²) in [6.07, 6.45) is 0. The van der Waals surface area contributed by atoms with E-state index in [1.54, 1.807) is 0 Å². The van der Waals surface area contributed by atoms with Crippen LogP contribution < -0.4 is 0 Å². The summed E-state index contributed by atoms with van der Waals surface area (Å²) in [6, 6.07) is 21.8. The number of benzene rings is 2. The third-order valence-corrected chi connectivity index (χ3v) is 11.3. The van der Waals surface area contributed by atoms with Gasteiger partial charge in [-0.3, -0.25) is 9.80 Å². The highest BCUT2D eigenvalue weighted by atomic mass is 28.4. The van der Waals surface area contributed by atoms with Crippen LogP contribution in [0.2, 0.25) is 18.1 Å². The Morgan fingerprint density at radius 2 is 1.23 bits per heavy atom. The normalized spacial score (nSPS) is 17.8. The summed E-state index contributed by atoms with van der Waals surface area (Å²) in [5.74, 6) is 0.536. The van der Waals surface area contributed by atoms with Gasteiger partial charge in [-0.25, -0.2) is 0 Å². The van der Waals surface area contributed by atoms with Gasteiger partial charge in [0.25, 0.3) is 0 Å². The van der Waals surface area contributed by atoms with Crippen LogP contribution in [0, 0.1) is 5.92 Å². The largest absolute Gasteiger partial charge is 0.416 e. The van der Waals surface area contributed by atoms with Crippen molar-refractivity contribution in [2.75, 3.05) is 32.8 Å². The van der Waals surface area contributed by atoms with E-state index in [0.717, 1.165) is 45.9 Å². The van der Waals surface area contributed by atoms with Gasteiger partial charge in [0.05, 0.1) is 0 Å². The van der Waals surface area contributed by atoms with Crippen LogP contribution in [-0.2, 0) is 17.5 Å². The smallest absolute Gasteiger partial charge is 0.191 e. The Balaban J connectivity index is 1.69. The lowest BCUT2D eigenvalue weighted by molar-refractivity contribution is 0.164. The van der Waals surface area contributed by atoms with Gasteiger partial charge in [-0.05, 0) is 29.3 Å². The van der Waals surface area contributed by atoms with Crippen LogP contribution in [0.4, 0.5) is 0 Å². The summed E-state index contributed by atoms with van der Waals surface area (Å²) in [4.78, 5) is 5.25. The highest BCUT2D eigenvalue weighted by Crippen LogP contribution is 2.37. The van der Waals surface area contributed by atoms with E-state index in [0.29, 0.717) is 5.92 Å². The predicted molar refractivity (Wildman–Crippen MR) is 130 cm³/mol. The highest BCUT2D eigenvalue weighted by molar-refractivity contribution is 6.74. The molecule has 2 aromatic rings. The van der Waals surface area contributed by atoms with Crippen LogP contribution in [0.3, 0.4) is 0 Å². The fraction of sp³-hybridized carbons (Fsp3) is 0.538. The van der Waals surface area contributed by atoms with Crippen molar-refractivity contribution in [2.45, 2.75) is 52.0 Å². The molecule has 0 unspecified atom stereocenters. The molecule has 30 heavy (non-hydrogen) atoms. The van der Waals surface area contributed by atoms with Crippen LogP contribution in [0.5, 0.6) is 0 Å². The van der Waals surface area contributed by atoms with E-state index in [1.807, 2.05) is 0 Å². The average Bonchev–Trinajstić information content (AvgIpc) is 2.89. The number of rotatable bonds is 7. The van der Waals surface area contributed by atoms with E-state index in [9.17, 15) is 0 Å². The van der Waals surface area contributed by atoms with Gasteiger partial charge in [-0.15, -0.1) is 0 Å². The Morgan fingerprint density at radius 1 is 0.800 bits per heavy atom. The Hall–Kier alpha value is -1.46. The zero-order valence-corrected chi connectivity index (χ0v) is 20.6. The number of hydrogen-bond donors (Lipinski definition) is 0. The first kappa shape index (κ1) is 23.2. The predicted octanol–water partition coefficient (Wildman–Crippen LogP) is 5.64. The van der Waals surface area contributed by atoms with E-state index in [2.05, 4.69) is 104 Å². The van der Waals surface area contributed by atoms with E-state index < -0.39 is 8.32 Å². The van der Waals surface area contributed by atoms with Crippen LogP contribution >= 0.6 is 0 Å². The first-order chi connectivity index (χ1) is 14.2. The molecule has 3 rings (SSSR count). The standard InChI is InChI=1S/C26H40N2OSi/c1-26(2,3)30(4,5)29-22-25-20-27(18-23-12-8-6-9-13-23)16-17-28(21-25)19-24-14-10-7-11-15-24/h6-15,25H,16-22H2,1-5H3. The van der Waals surface area contributed by atoms with Gasteiger partial charge < -0.3 is 4.43 Å². The molecule has 0 N–H and O–H groups in total. The Bertz CT molecular complexity index is 706. The molecule has 1 aliphatic heterocycles. The van der Waals surface area contributed by atoms with Crippen molar-refractivity contribution in [3.8, 4) is 0 Å². The highest BCUT2D eigenvalue weighted by Gasteiger charge is 2.38. The third kappa shape index (κ3) is 6.78. The summed E-state index contributed by atoms with van der Waals surface area (Å²) in [7, 11) is -1.73. The maximum atomic E-state index is 6.67. The lowest BCUT2D eigenvalue weighted by Crippen LogP contribution is -2.43. The van der Waals surface area contributed by atoms with Crippen molar-refractivity contribution in [1.29, 1.82) is 0 Å². The second kappa shape index (κ2) is 10.2. The SMILES string of the molecule is CC(C)(C)[Si](C)(C)OCC1CN(Cc2ccccc2)CCN(Cc2ccccc2)C1. The van der Waals surface area contributed by atoms with Gasteiger partial charge in [0, 0.05) is 51.8 Å². The van der Waals surface area contributed by atoms with Crippen molar-refractivity contribution in [1.82, 2.24) is 9.80 Å². The molecule has 4 heteroatoms. The fourth-order valence-electron chi connectivity index (χ4n) is 3.87. The fourth-order valence-corrected chi connectivity index (χ4v) is 4.96. The molecule has 1 saturated heterocycles. The van der Waals surface area contributed by atoms with Crippen molar-refractivity contribution in [2.24, 2.45) is 5.92 Å². The molecule has 0 bridgehead atoms. The molecule has 1 heterocycles. The molecule has 0 amide bonds. The summed E-state index contributed by atoms with van der Waals surface area (Å²) in [6.45, 7) is 19.1. The second-order valence-corrected chi connectivity index (χ2v) is 15.2. The molecule has 0 spiro atoms. The van der Waals surface area contributed by atoms with Gasteiger partial charge in [0.2, 0.25) is 0 Å².